The number of benzene rings is 2. The predicted octanol–water partition coefficient (Wildman–Crippen LogP) is 3.41. The summed E-state index contributed by atoms with van der Waals surface area (Å²) >= 11 is 0. The lowest BCUT2D eigenvalue weighted by Gasteiger charge is -2.40. The van der Waals surface area contributed by atoms with Gasteiger partial charge in [-0.05, 0) is 62.1 Å². The van der Waals surface area contributed by atoms with Crippen molar-refractivity contribution in [3.8, 4) is 5.75 Å². The molecule has 162 valence electrons. The molecule has 0 aliphatic carbocycles. The standard InChI is InChI=1S/C22H26FNO5S/c1-3-29-21(25)22(15-17-7-4-9-19(13-17)28-2)11-6-12-24(16-22)30(26,27)20-10-5-8-18(23)14-20/h4-5,7-10,13-14H,3,6,11-12,15-16H2,1-2H3/t22-/m0/s1. The zero-order chi connectivity index (χ0) is 21.8. The maximum atomic E-state index is 13.6. The topological polar surface area (TPSA) is 72.9 Å². The maximum Gasteiger partial charge on any atom is 0.313 e. The van der Waals surface area contributed by atoms with Crippen LogP contribution in [0.15, 0.2) is 53.4 Å². The van der Waals surface area contributed by atoms with Crippen LogP contribution >= 0.6 is 0 Å². The molecular weight excluding hydrogens is 409 g/mol. The highest BCUT2D eigenvalue weighted by atomic mass is 32.2. The molecule has 1 aliphatic heterocycles. The van der Waals surface area contributed by atoms with E-state index in [1.807, 2.05) is 24.3 Å². The number of halogens is 1. The Balaban J connectivity index is 1.95. The second-order valence-corrected chi connectivity index (χ2v) is 9.37. The molecule has 6 nitrogen and oxygen atoms in total. The number of ether oxygens (including phenoxy) is 2. The zero-order valence-corrected chi connectivity index (χ0v) is 18.0. The Morgan fingerprint density at radius 3 is 2.67 bits per heavy atom. The number of hydrogen-bond donors (Lipinski definition) is 0. The van der Waals surface area contributed by atoms with E-state index in [0.29, 0.717) is 25.0 Å². The van der Waals surface area contributed by atoms with Crippen LogP contribution < -0.4 is 4.74 Å². The summed E-state index contributed by atoms with van der Waals surface area (Å²) in [4.78, 5) is 12.9. The average molecular weight is 436 g/mol. The van der Waals surface area contributed by atoms with Crippen LogP contribution in [0.3, 0.4) is 0 Å². The smallest absolute Gasteiger partial charge is 0.313 e. The van der Waals surface area contributed by atoms with Gasteiger partial charge in [0.15, 0.2) is 0 Å². The van der Waals surface area contributed by atoms with Gasteiger partial charge in [0.1, 0.15) is 11.6 Å². The third-order valence-electron chi connectivity index (χ3n) is 5.36. The number of hydrogen-bond acceptors (Lipinski definition) is 5. The van der Waals surface area contributed by atoms with E-state index in [2.05, 4.69) is 0 Å². The molecule has 0 saturated carbocycles. The second kappa shape index (κ2) is 9.14. The summed E-state index contributed by atoms with van der Waals surface area (Å²) in [5, 5.41) is 0. The number of nitrogens with zero attached hydrogens (tertiary/aromatic N) is 1. The third-order valence-corrected chi connectivity index (χ3v) is 7.20. The number of esters is 1. The van der Waals surface area contributed by atoms with Gasteiger partial charge in [-0.3, -0.25) is 4.79 Å². The minimum absolute atomic E-state index is 0.0259. The minimum atomic E-state index is -3.95. The molecule has 0 unspecified atom stereocenters. The fraction of sp³-hybridized carbons (Fsp3) is 0.409. The van der Waals surface area contributed by atoms with Crippen molar-refractivity contribution in [2.75, 3.05) is 26.8 Å². The van der Waals surface area contributed by atoms with Gasteiger partial charge in [-0.1, -0.05) is 18.2 Å². The average Bonchev–Trinajstić information content (AvgIpc) is 2.74. The molecule has 0 amide bonds. The molecule has 2 aromatic carbocycles. The van der Waals surface area contributed by atoms with Crippen LogP contribution in [0.2, 0.25) is 0 Å². The maximum absolute atomic E-state index is 13.6. The molecular formula is C22H26FNO5S. The van der Waals surface area contributed by atoms with Crippen molar-refractivity contribution in [3.63, 3.8) is 0 Å². The lowest BCUT2D eigenvalue weighted by Crippen LogP contribution is -2.51. The van der Waals surface area contributed by atoms with Crippen molar-refractivity contribution < 1.29 is 27.1 Å². The Kier molecular flexibility index (Phi) is 6.77. The van der Waals surface area contributed by atoms with Crippen molar-refractivity contribution in [2.24, 2.45) is 5.41 Å². The fourth-order valence-electron chi connectivity index (χ4n) is 3.91. The summed E-state index contributed by atoms with van der Waals surface area (Å²) in [5.74, 6) is -0.389. The molecule has 1 atom stereocenters. The van der Waals surface area contributed by atoms with Crippen LogP contribution in [0.25, 0.3) is 0 Å². The van der Waals surface area contributed by atoms with Crippen molar-refractivity contribution >= 4 is 16.0 Å². The molecule has 1 saturated heterocycles. The monoisotopic (exact) mass is 435 g/mol. The Bertz CT molecular complexity index is 1010. The van der Waals surface area contributed by atoms with Gasteiger partial charge in [0.25, 0.3) is 0 Å². The molecule has 30 heavy (non-hydrogen) atoms. The van der Waals surface area contributed by atoms with Crippen molar-refractivity contribution in [3.05, 3.63) is 59.9 Å². The van der Waals surface area contributed by atoms with Gasteiger partial charge in [-0.15, -0.1) is 0 Å². The van der Waals surface area contributed by atoms with Crippen molar-refractivity contribution in [2.45, 2.75) is 31.1 Å². The summed E-state index contributed by atoms with van der Waals surface area (Å²) in [6.07, 6.45) is 1.31. The minimum Gasteiger partial charge on any atom is -0.497 e. The molecule has 8 heteroatoms. The lowest BCUT2D eigenvalue weighted by atomic mass is 9.75. The molecule has 0 spiro atoms. The Morgan fingerprint density at radius 1 is 1.20 bits per heavy atom. The molecule has 2 aromatic rings. The summed E-state index contributed by atoms with van der Waals surface area (Å²) in [6, 6.07) is 12.3. The number of piperidine rings is 1. The number of carbonyl (C=O) groups excluding carboxylic acids is 1. The number of methoxy groups -OCH3 is 1. The van der Waals surface area contributed by atoms with E-state index in [0.717, 1.165) is 11.6 Å². The first-order valence-electron chi connectivity index (χ1n) is 9.86. The van der Waals surface area contributed by atoms with Gasteiger partial charge in [0.05, 0.1) is 24.0 Å². The summed E-state index contributed by atoms with van der Waals surface area (Å²) in [6.45, 7) is 2.16. The van der Waals surface area contributed by atoms with E-state index in [-0.39, 0.29) is 24.6 Å². The Hall–Kier alpha value is -2.45. The van der Waals surface area contributed by atoms with Crippen molar-refractivity contribution in [1.82, 2.24) is 4.31 Å². The molecule has 1 heterocycles. The first kappa shape index (κ1) is 22.2. The van der Waals surface area contributed by atoms with E-state index >= 15 is 0 Å². The first-order valence-corrected chi connectivity index (χ1v) is 11.3. The normalized spacial score (nSPS) is 20.0. The first-order chi connectivity index (χ1) is 14.3. The van der Waals surface area contributed by atoms with Crippen LogP contribution in [-0.2, 0) is 26.0 Å². The molecule has 1 aliphatic rings. The molecule has 0 N–H and O–H groups in total. The zero-order valence-electron chi connectivity index (χ0n) is 17.1. The van der Waals surface area contributed by atoms with Crippen LogP contribution in [0.5, 0.6) is 5.75 Å². The van der Waals surface area contributed by atoms with Crippen LogP contribution in [0.4, 0.5) is 4.39 Å². The molecule has 0 bridgehead atoms. The van der Waals surface area contributed by atoms with Crippen molar-refractivity contribution in [1.29, 1.82) is 0 Å². The van der Waals surface area contributed by atoms with E-state index in [9.17, 15) is 17.6 Å². The van der Waals surface area contributed by atoms with Gasteiger partial charge in [-0.2, -0.15) is 4.31 Å². The SMILES string of the molecule is CCOC(=O)[C@]1(Cc2cccc(OC)c2)CCCN(S(=O)(=O)c2cccc(F)c2)C1. The number of carbonyl (C=O) groups is 1. The number of rotatable bonds is 7. The lowest BCUT2D eigenvalue weighted by molar-refractivity contribution is -0.157. The van der Waals surface area contributed by atoms with E-state index in [1.165, 1.54) is 22.5 Å². The van der Waals surface area contributed by atoms with Crippen LogP contribution in [0.1, 0.15) is 25.3 Å². The highest BCUT2D eigenvalue weighted by Gasteiger charge is 2.46. The molecule has 3 rings (SSSR count). The largest absolute Gasteiger partial charge is 0.497 e. The summed E-state index contributed by atoms with van der Waals surface area (Å²) in [7, 11) is -2.38. The van der Waals surface area contributed by atoms with Gasteiger partial charge in [0, 0.05) is 13.1 Å². The van der Waals surface area contributed by atoms with E-state index < -0.39 is 27.2 Å². The molecule has 0 aromatic heterocycles. The van der Waals surface area contributed by atoms with E-state index in [4.69, 9.17) is 9.47 Å². The quantitative estimate of drug-likeness (QED) is 0.623. The van der Waals surface area contributed by atoms with Gasteiger partial charge >= 0.3 is 5.97 Å². The molecule has 0 radical (unpaired) electrons. The van der Waals surface area contributed by atoms with Gasteiger partial charge < -0.3 is 9.47 Å². The van der Waals surface area contributed by atoms with E-state index in [1.54, 1.807) is 14.0 Å². The summed E-state index contributed by atoms with van der Waals surface area (Å²) in [5.41, 5.74) is -0.173. The third kappa shape index (κ3) is 4.65. The Morgan fingerprint density at radius 2 is 1.97 bits per heavy atom. The number of sulfonamides is 1. The van der Waals surface area contributed by atoms with Gasteiger partial charge in [-0.25, -0.2) is 12.8 Å². The highest BCUT2D eigenvalue weighted by Crippen LogP contribution is 2.38. The van der Waals surface area contributed by atoms with Gasteiger partial charge in [0.2, 0.25) is 10.0 Å². The summed E-state index contributed by atoms with van der Waals surface area (Å²) < 4.78 is 51.8. The fourth-order valence-corrected chi connectivity index (χ4v) is 5.51. The van der Waals surface area contributed by atoms with Crippen LogP contribution in [0, 0.1) is 11.2 Å². The predicted molar refractivity (Wildman–Crippen MR) is 110 cm³/mol. The molecule has 1 fully saturated rings. The highest BCUT2D eigenvalue weighted by molar-refractivity contribution is 7.89. The second-order valence-electron chi connectivity index (χ2n) is 7.43. The Labute approximate surface area is 176 Å². The van der Waals surface area contributed by atoms with Crippen LogP contribution in [-0.4, -0.2) is 45.5 Å².